The number of rotatable bonds is 2. The molecule has 0 aromatic heterocycles. The number of amides is 1. The molecule has 1 radical (unpaired) electrons. The van der Waals surface area contributed by atoms with Gasteiger partial charge in [-0.05, 0) is 6.04 Å². The van der Waals surface area contributed by atoms with Gasteiger partial charge in [-0.15, -0.1) is 0 Å². The normalized spacial score (nSPS) is 10.2. The number of primary amides is 1. The summed E-state index contributed by atoms with van der Waals surface area (Å²) in [6.45, 7) is 7.09. The van der Waals surface area contributed by atoms with E-state index in [0.29, 0.717) is 6.61 Å². The van der Waals surface area contributed by atoms with E-state index in [2.05, 4.69) is 24.3 Å². The van der Waals surface area contributed by atoms with E-state index in [9.17, 15) is 4.79 Å². The average Bonchev–Trinajstić information content (AvgIpc) is 1.89. The minimum absolute atomic E-state index is 0. The minimum Gasteiger partial charge on any atom is -0.417 e. The van der Waals surface area contributed by atoms with E-state index in [1.807, 2.05) is 0 Å². The van der Waals surface area contributed by atoms with Crippen molar-refractivity contribution in [1.29, 1.82) is 0 Å². The molecule has 0 saturated heterocycles. The maximum atomic E-state index is 9.73. The molecule has 0 aromatic carbocycles. The van der Waals surface area contributed by atoms with Gasteiger partial charge in [-0.3, -0.25) is 4.79 Å². The molecule has 0 fully saturated rings. The van der Waals surface area contributed by atoms with E-state index in [1.165, 1.54) is 0 Å². The Labute approximate surface area is 92.9 Å². The van der Waals surface area contributed by atoms with Crippen LogP contribution >= 0.6 is 0 Å². The van der Waals surface area contributed by atoms with Crippen LogP contribution in [0.1, 0.15) is 0 Å². The topological polar surface area (TPSA) is 78.3 Å². The molecule has 0 aliphatic carbocycles. The molecular formula is C6H14N2O2Y-2. The third-order valence-corrected chi connectivity index (χ3v) is 0.570. The first kappa shape index (κ1) is 17.5. The molecule has 11 heavy (non-hydrogen) atoms. The second-order valence-electron chi connectivity index (χ2n) is 1.50. The summed E-state index contributed by atoms with van der Waals surface area (Å²) in [4.78, 5) is 9.73. The molecule has 0 bridgehead atoms. The van der Waals surface area contributed by atoms with E-state index in [0.717, 1.165) is 0 Å². The molecule has 0 aromatic rings. The zero-order valence-corrected chi connectivity index (χ0v) is 9.59. The maximum Gasteiger partial charge on any atom is 0.203 e. The van der Waals surface area contributed by atoms with Crippen molar-refractivity contribution in [3.05, 3.63) is 13.8 Å². The number of hydrogen-bond donors (Lipinski definition) is 2. The smallest absolute Gasteiger partial charge is 0.203 e. The first-order valence-corrected chi connectivity index (χ1v) is 2.72. The zero-order chi connectivity index (χ0) is 8.57. The number of ether oxygens (including phenoxy) is 1. The second-order valence-corrected chi connectivity index (χ2v) is 1.50. The van der Waals surface area contributed by atoms with Gasteiger partial charge >= 0.3 is 0 Å². The largest absolute Gasteiger partial charge is 0.417 e. The fourth-order valence-corrected chi connectivity index (χ4v) is 0. The van der Waals surface area contributed by atoms with Gasteiger partial charge in [0.1, 0.15) is 0 Å². The SMILES string of the molecule is [CH2-]C(N)C(N)=O.[CH2-]COC.[Y]. The van der Waals surface area contributed by atoms with Crippen molar-refractivity contribution in [3.8, 4) is 0 Å². The van der Waals surface area contributed by atoms with Crippen LogP contribution in [0.2, 0.25) is 0 Å². The molecule has 0 aliphatic heterocycles. The molecule has 1 amide bonds. The number of carbonyl (C=O) groups excluding carboxylic acids is 1. The van der Waals surface area contributed by atoms with Crippen molar-refractivity contribution < 1.29 is 42.2 Å². The summed E-state index contributed by atoms with van der Waals surface area (Å²) in [6.07, 6.45) is 0. The molecule has 0 aliphatic rings. The van der Waals surface area contributed by atoms with E-state index < -0.39 is 11.9 Å². The number of methoxy groups -OCH3 is 1. The Morgan fingerprint density at radius 3 is 1.91 bits per heavy atom. The van der Waals surface area contributed by atoms with Crippen LogP contribution in [-0.4, -0.2) is 25.7 Å². The Bertz CT molecular complexity index is 86.7. The monoisotopic (exact) mass is 235 g/mol. The van der Waals surface area contributed by atoms with Gasteiger partial charge in [0.15, 0.2) is 0 Å². The summed E-state index contributed by atoms with van der Waals surface area (Å²) >= 11 is 0. The maximum absolute atomic E-state index is 9.73. The van der Waals surface area contributed by atoms with E-state index >= 15 is 0 Å². The summed E-state index contributed by atoms with van der Waals surface area (Å²) in [5.74, 6) is -0.574. The van der Waals surface area contributed by atoms with Gasteiger partial charge < -0.3 is 30.1 Å². The molecule has 1 atom stereocenters. The van der Waals surface area contributed by atoms with E-state index in [-0.39, 0.29) is 32.7 Å². The Balaban J connectivity index is -0.000000114. The quantitative estimate of drug-likeness (QED) is 0.608. The molecule has 5 heteroatoms. The van der Waals surface area contributed by atoms with Crippen LogP contribution in [0.25, 0.3) is 0 Å². The number of nitrogens with two attached hydrogens (primary N) is 2. The first-order chi connectivity index (χ1) is 4.56. The fourth-order valence-electron chi connectivity index (χ4n) is 0. The van der Waals surface area contributed by atoms with Gasteiger partial charge in [-0.2, -0.15) is 0 Å². The molecule has 1 unspecified atom stereocenters. The predicted octanol–water partition coefficient (Wildman–Crippen LogP) is -0.903. The average molecular weight is 235 g/mol. The van der Waals surface area contributed by atoms with Crippen LogP contribution in [0.15, 0.2) is 0 Å². The summed E-state index contributed by atoms with van der Waals surface area (Å²) in [6, 6.07) is -0.759. The van der Waals surface area contributed by atoms with Crippen molar-refractivity contribution >= 4 is 5.91 Å². The van der Waals surface area contributed by atoms with Crippen LogP contribution in [0.5, 0.6) is 0 Å². The predicted molar refractivity (Wildman–Crippen MR) is 39.8 cm³/mol. The zero-order valence-electron chi connectivity index (χ0n) is 6.75. The summed E-state index contributed by atoms with van der Waals surface area (Å²) in [5, 5.41) is 0. The summed E-state index contributed by atoms with van der Waals surface area (Å²) in [7, 11) is 1.62. The van der Waals surface area contributed by atoms with Crippen molar-refractivity contribution in [3.63, 3.8) is 0 Å². The van der Waals surface area contributed by atoms with Crippen molar-refractivity contribution in [2.24, 2.45) is 11.5 Å². The molecule has 0 heterocycles. The van der Waals surface area contributed by atoms with Gasteiger partial charge in [-0.25, -0.2) is 0 Å². The van der Waals surface area contributed by atoms with Crippen molar-refractivity contribution in [2.75, 3.05) is 13.7 Å². The minimum atomic E-state index is -0.759. The van der Waals surface area contributed by atoms with Crippen LogP contribution in [0, 0.1) is 13.8 Å². The Hall–Kier alpha value is 0.494. The van der Waals surface area contributed by atoms with Gasteiger partial charge in [0.25, 0.3) is 0 Å². The fraction of sp³-hybridized carbons (Fsp3) is 0.500. The molecule has 4 N–H and O–H groups in total. The van der Waals surface area contributed by atoms with Crippen LogP contribution in [-0.2, 0) is 42.2 Å². The van der Waals surface area contributed by atoms with Crippen LogP contribution < -0.4 is 11.5 Å². The Morgan fingerprint density at radius 2 is 1.91 bits per heavy atom. The standard InChI is InChI=1S/C3H7N2O.C3H7O.Y/c1-2(4)3(5)6;1-3-4-2;/h2H,1,4H2,(H2,5,6);1,3H2,2H3;/q2*-1;. The Morgan fingerprint density at radius 1 is 1.73 bits per heavy atom. The second kappa shape index (κ2) is 13.1. The number of carbonyl (C=O) groups is 1. The van der Waals surface area contributed by atoms with E-state index in [1.54, 1.807) is 7.11 Å². The van der Waals surface area contributed by atoms with Gasteiger partial charge in [-0.1, -0.05) is 6.61 Å². The van der Waals surface area contributed by atoms with E-state index in [4.69, 9.17) is 5.73 Å². The summed E-state index contributed by atoms with van der Waals surface area (Å²) in [5.41, 5.74) is 9.46. The molecule has 4 nitrogen and oxygen atoms in total. The van der Waals surface area contributed by atoms with Crippen LogP contribution in [0.4, 0.5) is 0 Å². The van der Waals surface area contributed by atoms with Crippen molar-refractivity contribution in [1.82, 2.24) is 0 Å². The number of hydrogen-bond acceptors (Lipinski definition) is 3. The molecule has 0 spiro atoms. The van der Waals surface area contributed by atoms with Gasteiger partial charge in [0.05, 0.1) is 0 Å². The van der Waals surface area contributed by atoms with Gasteiger partial charge in [0, 0.05) is 39.8 Å². The van der Waals surface area contributed by atoms with Gasteiger partial charge in [0.2, 0.25) is 5.91 Å². The molecule has 65 valence electrons. The molecule has 0 saturated carbocycles. The first-order valence-electron chi connectivity index (χ1n) is 2.72. The summed E-state index contributed by atoms with van der Waals surface area (Å²) < 4.78 is 4.43. The van der Waals surface area contributed by atoms with Crippen molar-refractivity contribution in [2.45, 2.75) is 6.04 Å². The Kier molecular flexibility index (Phi) is 20.9. The molecule has 0 rings (SSSR count). The third-order valence-electron chi connectivity index (χ3n) is 0.570. The third kappa shape index (κ3) is 25.1. The molecular weight excluding hydrogens is 221 g/mol. The van der Waals surface area contributed by atoms with Crippen LogP contribution in [0.3, 0.4) is 0 Å².